The summed E-state index contributed by atoms with van der Waals surface area (Å²) in [5, 5.41) is 7.24. The molecule has 2 fully saturated rings. The lowest BCUT2D eigenvalue weighted by molar-refractivity contribution is -0.143. The summed E-state index contributed by atoms with van der Waals surface area (Å²) in [5.74, 6) is 0.666. The second-order valence-electron chi connectivity index (χ2n) is 5.77. The highest BCUT2D eigenvalue weighted by atomic mass is 16.5. The van der Waals surface area contributed by atoms with Gasteiger partial charge in [-0.3, -0.25) is 4.79 Å². The molecule has 1 saturated heterocycles. The van der Waals surface area contributed by atoms with Crippen LogP contribution in [0.4, 0.5) is 0 Å². The summed E-state index contributed by atoms with van der Waals surface area (Å²) < 4.78 is 4.97. The molecule has 0 radical (unpaired) electrons. The smallest absolute Gasteiger partial charge is 0.307 e. The van der Waals surface area contributed by atoms with Crippen LogP contribution in [0.5, 0.6) is 0 Å². The van der Waals surface area contributed by atoms with Gasteiger partial charge in [0.1, 0.15) is 0 Å². The third-order valence-electron chi connectivity index (χ3n) is 4.48. The van der Waals surface area contributed by atoms with Gasteiger partial charge >= 0.3 is 5.97 Å². The van der Waals surface area contributed by atoms with Crippen molar-refractivity contribution in [3.05, 3.63) is 0 Å². The van der Waals surface area contributed by atoms with Gasteiger partial charge in [-0.05, 0) is 45.1 Å². The highest BCUT2D eigenvalue weighted by Crippen LogP contribution is 2.30. The first-order valence-electron chi connectivity index (χ1n) is 7.93. The van der Waals surface area contributed by atoms with Crippen LogP contribution in [0.15, 0.2) is 0 Å². The minimum atomic E-state index is -0.0821. The van der Waals surface area contributed by atoms with E-state index in [9.17, 15) is 4.79 Å². The van der Waals surface area contributed by atoms with Crippen LogP contribution in [0.2, 0.25) is 0 Å². The Bertz CT molecular complexity index is 277. The highest BCUT2D eigenvalue weighted by Gasteiger charge is 2.32. The predicted octanol–water partition coefficient (Wildman–Crippen LogP) is 1.84. The van der Waals surface area contributed by atoms with Gasteiger partial charge < -0.3 is 15.4 Å². The maximum atomic E-state index is 11.3. The van der Waals surface area contributed by atoms with Gasteiger partial charge in [0.05, 0.1) is 13.0 Å². The summed E-state index contributed by atoms with van der Waals surface area (Å²) in [6.07, 6.45) is 8.40. The number of carbonyl (C=O) groups is 1. The predicted molar refractivity (Wildman–Crippen MR) is 76.0 cm³/mol. The summed E-state index contributed by atoms with van der Waals surface area (Å²) in [7, 11) is 0. The Hall–Kier alpha value is -0.610. The standard InChI is InChI=1S/C15H28N2O2/c1-2-19-15(18)9-11-17-13-7-4-3-6-12(13)14-8-5-10-16-14/h12-14,16-17H,2-11H2,1H3. The lowest BCUT2D eigenvalue weighted by atomic mass is 9.79. The van der Waals surface area contributed by atoms with Crippen molar-refractivity contribution in [3.8, 4) is 0 Å². The quantitative estimate of drug-likeness (QED) is 0.722. The molecule has 19 heavy (non-hydrogen) atoms. The SMILES string of the molecule is CCOC(=O)CCNC1CCCCC1C1CCCN1. The summed E-state index contributed by atoms with van der Waals surface area (Å²) in [5.41, 5.74) is 0. The molecular weight excluding hydrogens is 240 g/mol. The third-order valence-corrected chi connectivity index (χ3v) is 4.48. The second-order valence-corrected chi connectivity index (χ2v) is 5.77. The molecule has 1 heterocycles. The lowest BCUT2D eigenvalue weighted by Gasteiger charge is -2.36. The maximum Gasteiger partial charge on any atom is 0.307 e. The number of hydrogen-bond donors (Lipinski definition) is 2. The molecule has 110 valence electrons. The molecule has 3 atom stereocenters. The molecule has 0 aromatic carbocycles. The van der Waals surface area contributed by atoms with Gasteiger partial charge in [-0.1, -0.05) is 12.8 Å². The molecule has 4 nitrogen and oxygen atoms in total. The monoisotopic (exact) mass is 268 g/mol. The van der Waals surface area contributed by atoms with E-state index in [1.807, 2.05) is 6.92 Å². The fourth-order valence-electron chi connectivity index (χ4n) is 3.56. The summed E-state index contributed by atoms with van der Waals surface area (Å²) in [6, 6.07) is 1.28. The molecule has 4 heteroatoms. The number of esters is 1. The Morgan fingerprint density at radius 2 is 2.11 bits per heavy atom. The van der Waals surface area contributed by atoms with Crippen molar-refractivity contribution in [2.24, 2.45) is 5.92 Å². The van der Waals surface area contributed by atoms with Gasteiger partial charge in [-0.2, -0.15) is 0 Å². The molecule has 0 aromatic rings. The van der Waals surface area contributed by atoms with Crippen LogP contribution in [-0.2, 0) is 9.53 Å². The largest absolute Gasteiger partial charge is 0.466 e. The number of hydrogen-bond acceptors (Lipinski definition) is 4. The van der Waals surface area contributed by atoms with Gasteiger partial charge in [0.25, 0.3) is 0 Å². The van der Waals surface area contributed by atoms with Crippen LogP contribution < -0.4 is 10.6 Å². The average Bonchev–Trinajstić information content (AvgIpc) is 2.93. The van der Waals surface area contributed by atoms with E-state index in [0.29, 0.717) is 25.1 Å². The molecule has 0 aromatic heterocycles. The molecule has 0 spiro atoms. The Labute approximate surface area is 116 Å². The Balaban J connectivity index is 1.74. The summed E-state index contributed by atoms with van der Waals surface area (Å²) >= 11 is 0. The molecule has 1 aliphatic heterocycles. The normalized spacial score (nSPS) is 31.3. The fourth-order valence-corrected chi connectivity index (χ4v) is 3.56. The third kappa shape index (κ3) is 4.46. The number of carbonyl (C=O) groups excluding carboxylic acids is 1. The van der Waals surface area contributed by atoms with Crippen molar-refractivity contribution >= 4 is 5.97 Å². The van der Waals surface area contributed by atoms with E-state index in [0.717, 1.165) is 12.5 Å². The first-order chi connectivity index (χ1) is 9.31. The van der Waals surface area contributed by atoms with E-state index in [2.05, 4.69) is 10.6 Å². The van der Waals surface area contributed by atoms with E-state index in [1.54, 1.807) is 0 Å². The minimum Gasteiger partial charge on any atom is -0.466 e. The Kier molecular flexibility index (Phi) is 6.11. The zero-order chi connectivity index (χ0) is 13.5. The number of nitrogens with one attached hydrogen (secondary N) is 2. The Morgan fingerprint density at radius 3 is 2.84 bits per heavy atom. The molecule has 2 N–H and O–H groups in total. The van der Waals surface area contributed by atoms with Crippen molar-refractivity contribution in [3.63, 3.8) is 0 Å². The molecule has 3 unspecified atom stereocenters. The summed E-state index contributed by atoms with van der Waals surface area (Å²) in [4.78, 5) is 11.3. The van der Waals surface area contributed by atoms with Gasteiger partial charge in [0.2, 0.25) is 0 Å². The first-order valence-corrected chi connectivity index (χ1v) is 7.93. The molecule has 2 rings (SSSR count). The minimum absolute atomic E-state index is 0.0821. The van der Waals surface area contributed by atoms with Crippen LogP contribution in [0.1, 0.15) is 51.9 Å². The molecule has 2 aliphatic rings. The Morgan fingerprint density at radius 1 is 1.26 bits per heavy atom. The molecule has 0 bridgehead atoms. The van der Waals surface area contributed by atoms with Crippen LogP contribution in [-0.4, -0.2) is 37.7 Å². The van der Waals surface area contributed by atoms with E-state index in [4.69, 9.17) is 4.74 Å². The zero-order valence-electron chi connectivity index (χ0n) is 12.1. The number of ether oxygens (including phenoxy) is 1. The highest BCUT2D eigenvalue weighted by molar-refractivity contribution is 5.69. The van der Waals surface area contributed by atoms with Crippen molar-refractivity contribution in [1.29, 1.82) is 0 Å². The van der Waals surface area contributed by atoms with Gasteiger partial charge in [-0.25, -0.2) is 0 Å². The van der Waals surface area contributed by atoms with Crippen molar-refractivity contribution < 1.29 is 9.53 Å². The first kappa shape index (κ1) is 14.8. The van der Waals surface area contributed by atoms with E-state index in [1.165, 1.54) is 45.1 Å². The maximum absolute atomic E-state index is 11.3. The van der Waals surface area contributed by atoms with Gasteiger partial charge in [0, 0.05) is 18.6 Å². The van der Waals surface area contributed by atoms with E-state index < -0.39 is 0 Å². The van der Waals surface area contributed by atoms with Gasteiger partial charge in [-0.15, -0.1) is 0 Å². The molecule has 0 amide bonds. The van der Waals surface area contributed by atoms with Crippen LogP contribution in [0.25, 0.3) is 0 Å². The fraction of sp³-hybridized carbons (Fsp3) is 0.933. The lowest BCUT2D eigenvalue weighted by Crippen LogP contribution is -2.47. The zero-order valence-corrected chi connectivity index (χ0v) is 12.1. The van der Waals surface area contributed by atoms with Crippen LogP contribution in [0, 0.1) is 5.92 Å². The molecule has 1 saturated carbocycles. The average molecular weight is 268 g/mol. The molecular formula is C15H28N2O2. The topological polar surface area (TPSA) is 50.4 Å². The van der Waals surface area contributed by atoms with E-state index >= 15 is 0 Å². The number of rotatable bonds is 6. The van der Waals surface area contributed by atoms with Crippen molar-refractivity contribution in [1.82, 2.24) is 10.6 Å². The van der Waals surface area contributed by atoms with Crippen LogP contribution >= 0.6 is 0 Å². The van der Waals surface area contributed by atoms with Crippen molar-refractivity contribution in [2.75, 3.05) is 19.7 Å². The molecule has 1 aliphatic carbocycles. The van der Waals surface area contributed by atoms with Crippen LogP contribution in [0.3, 0.4) is 0 Å². The van der Waals surface area contributed by atoms with E-state index in [-0.39, 0.29) is 5.97 Å². The summed E-state index contributed by atoms with van der Waals surface area (Å²) in [6.45, 7) is 4.27. The van der Waals surface area contributed by atoms with Crippen molar-refractivity contribution in [2.45, 2.75) is 64.0 Å². The second kappa shape index (κ2) is 7.85. The van der Waals surface area contributed by atoms with Gasteiger partial charge in [0.15, 0.2) is 0 Å².